The van der Waals surface area contributed by atoms with Crippen LogP contribution in [0.25, 0.3) is 0 Å². The average Bonchev–Trinajstić information content (AvgIpc) is 2.36. The Kier molecular flexibility index (Phi) is 4.69. The Morgan fingerprint density at radius 3 is 3.00 bits per heavy atom. The lowest BCUT2D eigenvalue weighted by atomic mass is 9.94. The monoisotopic (exact) mass is 283 g/mol. The molecule has 1 heterocycles. The molecule has 1 aliphatic rings. The lowest BCUT2D eigenvalue weighted by molar-refractivity contribution is 0.227. The lowest BCUT2D eigenvalue weighted by Gasteiger charge is -2.17. The number of rotatable bonds is 3. The van der Waals surface area contributed by atoms with Crippen LogP contribution in [0.5, 0.6) is 0 Å². The Morgan fingerprint density at radius 2 is 2.55 bits per heavy atom. The Bertz CT molecular complexity index is 125. The van der Waals surface area contributed by atoms with Crippen molar-refractivity contribution in [2.75, 3.05) is 19.7 Å². The third-order valence-corrected chi connectivity index (χ3v) is 3.62. The maximum absolute atomic E-state index is 5.27. The molecule has 2 nitrogen and oxygen atoms in total. The quantitative estimate of drug-likeness (QED) is 0.433. The third kappa shape index (κ3) is 3.19. The molecule has 1 fully saturated rings. The first-order valence-electron chi connectivity index (χ1n) is 4.13. The first kappa shape index (κ1) is 10.3. The van der Waals surface area contributed by atoms with Crippen LogP contribution in [-0.2, 0) is 3.79 Å². The molecular formula is C7H15AlINO. The second-order valence-corrected chi connectivity index (χ2v) is 5.29. The molecule has 0 aliphatic carbocycles. The normalized spacial score (nSPS) is 29.1. The van der Waals surface area contributed by atoms with Crippen LogP contribution in [0.15, 0.2) is 0 Å². The molecule has 11 heavy (non-hydrogen) atoms. The van der Waals surface area contributed by atoms with E-state index in [0.29, 0.717) is 0 Å². The summed E-state index contributed by atoms with van der Waals surface area (Å²) in [6.07, 6.45) is 1.36. The Hall–Kier alpha value is 1.18. The molecule has 0 spiro atoms. The summed E-state index contributed by atoms with van der Waals surface area (Å²) in [7, 11) is 0. The van der Waals surface area contributed by atoms with E-state index in [9.17, 15) is 0 Å². The number of nitrogens with zero attached hydrogens (tertiary/aromatic N) is 1. The fourth-order valence-corrected chi connectivity index (χ4v) is 2.92. The van der Waals surface area contributed by atoms with Gasteiger partial charge in [-0.2, -0.15) is 0 Å². The van der Waals surface area contributed by atoms with Crippen molar-refractivity contribution in [1.29, 1.82) is 0 Å². The summed E-state index contributed by atoms with van der Waals surface area (Å²) in [6, 6.07) is 0. The lowest BCUT2D eigenvalue weighted by Crippen LogP contribution is -2.18. The smallest absolute Gasteiger partial charge is 0.410 e. The van der Waals surface area contributed by atoms with Gasteiger partial charge in [0.05, 0.1) is 0 Å². The maximum Gasteiger partial charge on any atom is 0.410 e. The Labute approximate surface area is 90.9 Å². The summed E-state index contributed by atoms with van der Waals surface area (Å²) < 4.78 is 7.65. The van der Waals surface area contributed by atoms with Crippen LogP contribution in [0.1, 0.15) is 13.3 Å². The highest BCUT2D eigenvalue weighted by atomic mass is 127. The van der Waals surface area contributed by atoms with E-state index in [1.165, 1.54) is 19.5 Å². The minimum absolute atomic E-state index is 0.757. The fourth-order valence-electron chi connectivity index (χ4n) is 1.61. The molecule has 0 aromatic rings. The molecule has 0 saturated carbocycles. The van der Waals surface area contributed by atoms with Gasteiger partial charge >= 0.3 is 16.6 Å². The standard InChI is InChI=1S/C7H13INO.Al.2H/c1-6(5-10)7-2-3-9(8)4-7;;;/h6-7H,2-5H2,1H3;;;/q-1;+1;;. The molecule has 0 N–H and O–H groups in total. The van der Waals surface area contributed by atoms with Gasteiger partial charge < -0.3 is 3.79 Å². The molecule has 1 aliphatic heterocycles. The van der Waals surface area contributed by atoms with Crippen molar-refractivity contribution in [1.82, 2.24) is 3.11 Å². The summed E-state index contributed by atoms with van der Waals surface area (Å²) in [6.45, 7) is 5.79. The summed E-state index contributed by atoms with van der Waals surface area (Å²) in [4.78, 5) is 0. The molecule has 2 unspecified atom stereocenters. The molecule has 0 radical (unpaired) electrons. The zero-order valence-electron chi connectivity index (χ0n) is 7.22. The molecule has 0 aromatic carbocycles. The zero-order valence-corrected chi connectivity index (χ0v) is 11.4. The fraction of sp³-hybridized carbons (Fsp3) is 1.00. The van der Waals surface area contributed by atoms with E-state index in [1.54, 1.807) is 0 Å². The van der Waals surface area contributed by atoms with Gasteiger partial charge in [-0.15, -0.1) is 0 Å². The molecule has 0 amide bonds. The van der Waals surface area contributed by atoms with E-state index >= 15 is 0 Å². The molecule has 1 rings (SSSR count). The van der Waals surface area contributed by atoms with Gasteiger partial charge in [0.2, 0.25) is 0 Å². The van der Waals surface area contributed by atoms with E-state index in [4.69, 9.17) is 3.79 Å². The topological polar surface area (TPSA) is 12.5 Å². The maximum atomic E-state index is 5.27. The highest BCUT2D eigenvalue weighted by Gasteiger charge is 2.24. The second kappa shape index (κ2) is 5.03. The molecule has 0 aromatic heterocycles. The first-order chi connectivity index (χ1) is 5.24. The van der Waals surface area contributed by atoms with Crippen LogP contribution in [0.3, 0.4) is 0 Å². The molecule has 4 heteroatoms. The van der Waals surface area contributed by atoms with Crippen LogP contribution in [0, 0.1) is 11.8 Å². The number of halogens is 1. The SMILES string of the molecule is CC(C[O][AlH2])C1CCN(I)C1. The van der Waals surface area contributed by atoms with Crippen LogP contribution < -0.4 is 0 Å². The van der Waals surface area contributed by atoms with Crippen molar-refractivity contribution in [3.05, 3.63) is 0 Å². The van der Waals surface area contributed by atoms with Crippen molar-refractivity contribution in [2.45, 2.75) is 13.3 Å². The predicted octanol–water partition coefficient (Wildman–Crippen LogP) is 0.859. The molecule has 0 bridgehead atoms. The van der Waals surface area contributed by atoms with Crippen molar-refractivity contribution >= 4 is 39.5 Å². The predicted molar refractivity (Wildman–Crippen MR) is 57.4 cm³/mol. The highest BCUT2D eigenvalue weighted by Crippen LogP contribution is 2.25. The van der Waals surface area contributed by atoms with Gasteiger partial charge in [0, 0.05) is 42.6 Å². The van der Waals surface area contributed by atoms with Crippen molar-refractivity contribution in [2.24, 2.45) is 11.8 Å². The van der Waals surface area contributed by atoms with Gasteiger partial charge in [-0.1, -0.05) is 6.92 Å². The Morgan fingerprint density at radius 1 is 1.82 bits per heavy atom. The number of hydrogen-bond donors (Lipinski definition) is 0. The molecule has 1 saturated heterocycles. The molecular weight excluding hydrogens is 268 g/mol. The largest absolute Gasteiger partial charge is 0.506 e. The van der Waals surface area contributed by atoms with Gasteiger partial charge in [-0.3, -0.25) is 0 Å². The van der Waals surface area contributed by atoms with Gasteiger partial charge in [-0.05, 0) is 18.3 Å². The summed E-state index contributed by atoms with van der Waals surface area (Å²) in [5.74, 6) is 1.63. The average molecular weight is 283 g/mol. The van der Waals surface area contributed by atoms with Crippen LogP contribution in [-0.4, -0.2) is 39.4 Å². The van der Waals surface area contributed by atoms with E-state index in [0.717, 1.165) is 35.1 Å². The van der Waals surface area contributed by atoms with Crippen molar-refractivity contribution in [3.63, 3.8) is 0 Å². The van der Waals surface area contributed by atoms with Crippen molar-refractivity contribution in [3.8, 4) is 0 Å². The van der Waals surface area contributed by atoms with E-state index < -0.39 is 0 Å². The number of hydrogen-bond acceptors (Lipinski definition) is 2. The van der Waals surface area contributed by atoms with Gasteiger partial charge in [0.15, 0.2) is 0 Å². The molecule has 64 valence electrons. The third-order valence-electron chi connectivity index (χ3n) is 2.41. The van der Waals surface area contributed by atoms with Gasteiger partial charge in [0.1, 0.15) is 0 Å². The second-order valence-electron chi connectivity index (χ2n) is 3.35. The van der Waals surface area contributed by atoms with Crippen LogP contribution >= 0.6 is 22.9 Å². The minimum atomic E-state index is 0.757. The zero-order chi connectivity index (χ0) is 8.27. The summed E-state index contributed by atoms with van der Waals surface area (Å²) in [5.41, 5.74) is 0. The van der Waals surface area contributed by atoms with Crippen LogP contribution in [0.4, 0.5) is 0 Å². The van der Waals surface area contributed by atoms with Gasteiger partial charge in [0.25, 0.3) is 0 Å². The highest BCUT2D eigenvalue weighted by molar-refractivity contribution is 14.1. The minimum Gasteiger partial charge on any atom is -0.506 e. The Balaban J connectivity index is 2.25. The van der Waals surface area contributed by atoms with Gasteiger partial charge in [-0.25, -0.2) is 3.11 Å². The van der Waals surface area contributed by atoms with Crippen LogP contribution in [0.2, 0.25) is 0 Å². The van der Waals surface area contributed by atoms with E-state index in [1.807, 2.05) is 0 Å². The van der Waals surface area contributed by atoms with E-state index in [-0.39, 0.29) is 0 Å². The summed E-state index contributed by atoms with van der Waals surface area (Å²) in [5, 5.41) is 0. The summed E-state index contributed by atoms with van der Waals surface area (Å²) >= 11 is 3.30. The molecule has 2 atom stereocenters. The van der Waals surface area contributed by atoms with E-state index in [2.05, 4.69) is 32.9 Å². The first-order valence-corrected chi connectivity index (χ1v) is 5.92. The van der Waals surface area contributed by atoms with Crippen molar-refractivity contribution < 1.29 is 3.79 Å².